The van der Waals surface area contributed by atoms with Crippen LogP contribution in [-0.2, 0) is 4.74 Å². The number of rotatable bonds is 2. The number of nitrogens with zero attached hydrogens (tertiary/aromatic N) is 1. The Bertz CT molecular complexity index is 476. The molecule has 2 fully saturated rings. The summed E-state index contributed by atoms with van der Waals surface area (Å²) >= 11 is 5.85. The number of likely N-dealkylation sites (tertiary alicyclic amines) is 1. The first-order valence-electron chi connectivity index (χ1n) is 7.42. The fraction of sp³-hybridized carbons (Fsp3) is 0.625. The predicted octanol–water partition coefficient (Wildman–Crippen LogP) is 3.69. The molecule has 110 valence electrons. The van der Waals surface area contributed by atoms with Crippen LogP contribution in [0.3, 0.4) is 0 Å². The van der Waals surface area contributed by atoms with Gasteiger partial charge in [-0.25, -0.2) is 4.39 Å². The molecule has 20 heavy (non-hydrogen) atoms. The first-order valence-corrected chi connectivity index (χ1v) is 7.79. The number of halogens is 2. The van der Waals surface area contributed by atoms with Gasteiger partial charge in [-0.2, -0.15) is 0 Å². The zero-order chi connectivity index (χ0) is 14.1. The van der Waals surface area contributed by atoms with E-state index < -0.39 is 0 Å². The van der Waals surface area contributed by atoms with Crippen molar-refractivity contribution in [2.75, 3.05) is 26.3 Å². The summed E-state index contributed by atoms with van der Waals surface area (Å²) in [5, 5.41) is 0.471. The maximum Gasteiger partial charge on any atom is 0.128 e. The maximum absolute atomic E-state index is 14.1. The topological polar surface area (TPSA) is 12.5 Å². The molecule has 2 aliphatic rings. The van der Waals surface area contributed by atoms with Crippen molar-refractivity contribution in [3.8, 4) is 0 Å². The Morgan fingerprint density at radius 2 is 2.00 bits per heavy atom. The average molecular weight is 298 g/mol. The summed E-state index contributed by atoms with van der Waals surface area (Å²) in [6, 6.07) is 5.68. The third kappa shape index (κ3) is 2.85. The monoisotopic (exact) mass is 297 g/mol. The van der Waals surface area contributed by atoms with Crippen LogP contribution in [0.5, 0.6) is 0 Å². The number of hydrogen-bond acceptors (Lipinski definition) is 2. The van der Waals surface area contributed by atoms with Crippen molar-refractivity contribution in [2.45, 2.75) is 31.7 Å². The molecule has 2 nitrogen and oxygen atoms in total. The molecule has 0 saturated carbocycles. The molecule has 1 aromatic carbocycles. The van der Waals surface area contributed by atoms with Gasteiger partial charge in [-0.1, -0.05) is 24.6 Å². The Labute approximate surface area is 124 Å². The summed E-state index contributed by atoms with van der Waals surface area (Å²) in [5.41, 5.74) is 0.816. The summed E-state index contributed by atoms with van der Waals surface area (Å²) < 4.78 is 19.6. The lowest BCUT2D eigenvalue weighted by atomic mass is 9.90. The first kappa shape index (κ1) is 14.3. The Morgan fingerprint density at radius 3 is 2.70 bits per heavy atom. The fourth-order valence-electron chi connectivity index (χ4n) is 3.56. The molecule has 3 rings (SSSR count). The van der Waals surface area contributed by atoms with Gasteiger partial charge in [-0.3, -0.25) is 4.90 Å². The van der Waals surface area contributed by atoms with Crippen molar-refractivity contribution in [2.24, 2.45) is 5.92 Å². The second kappa shape index (κ2) is 6.00. The highest BCUT2D eigenvalue weighted by molar-refractivity contribution is 6.30. The normalized spacial score (nSPS) is 28.9. The molecule has 2 heterocycles. The van der Waals surface area contributed by atoms with Gasteiger partial charge in [0.05, 0.1) is 0 Å². The van der Waals surface area contributed by atoms with Crippen LogP contribution >= 0.6 is 11.6 Å². The maximum atomic E-state index is 14.1. The molecule has 0 bridgehead atoms. The van der Waals surface area contributed by atoms with Gasteiger partial charge >= 0.3 is 0 Å². The van der Waals surface area contributed by atoms with E-state index in [1.807, 2.05) is 6.07 Å². The summed E-state index contributed by atoms with van der Waals surface area (Å²) in [7, 11) is 0. The molecule has 1 aromatic rings. The van der Waals surface area contributed by atoms with Gasteiger partial charge in [0, 0.05) is 43.3 Å². The summed E-state index contributed by atoms with van der Waals surface area (Å²) in [5.74, 6) is 0.590. The van der Waals surface area contributed by atoms with Crippen LogP contribution in [0.15, 0.2) is 18.2 Å². The minimum Gasteiger partial charge on any atom is -0.381 e. The molecule has 0 N–H and O–H groups in total. The zero-order valence-corrected chi connectivity index (χ0v) is 12.6. The molecule has 2 atom stereocenters. The van der Waals surface area contributed by atoms with Crippen molar-refractivity contribution < 1.29 is 9.13 Å². The van der Waals surface area contributed by atoms with Gasteiger partial charge in [0.1, 0.15) is 5.82 Å². The van der Waals surface area contributed by atoms with Crippen LogP contribution in [0.2, 0.25) is 5.02 Å². The van der Waals surface area contributed by atoms with Crippen LogP contribution in [0, 0.1) is 11.7 Å². The van der Waals surface area contributed by atoms with Gasteiger partial charge in [-0.15, -0.1) is 0 Å². The second-order valence-electron chi connectivity index (χ2n) is 6.05. The summed E-state index contributed by atoms with van der Waals surface area (Å²) in [4.78, 5) is 2.52. The van der Waals surface area contributed by atoms with Crippen LogP contribution in [0.25, 0.3) is 0 Å². The first-order chi connectivity index (χ1) is 9.65. The highest BCUT2D eigenvalue weighted by Gasteiger charge is 2.36. The molecule has 4 heteroatoms. The Balaban J connectivity index is 1.74. The number of ether oxygens (including phenoxy) is 1. The molecular formula is C16H21ClFNO. The highest BCUT2D eigenvalue weighted by atomic mass is 35.5. The largest absolute Gasteiger partial charge is 0.381 e. The van der Waals surface area contributed by atoms with Crippen molar-refractivity contribution in [3.05, 3.63) is 34.6 Å². The van der Waals surface area contributed by atoms with Crippen molar-refractivity contribution in [1.82, 2.24) is 4.90 Å². The minimum absolute atomic E-state index is 0.164. The van der Waals surface area contributed by atoms with E-state index in [4.69, 9.17) is 16.3 Å². The fourth-order valence-corrected chi connectivity index (χ4v) is 3.72. The van der Waals surface area contributed by atoms with Gasteiger partial charge in [-0.05, 0) is 36.5 Å². The van der Waals surface area contributed by atoms with Crippen molar-refractivity contribution in [1.29, 1.82) is 0 Å². The molecule has 2 aliphatic heterocycles. The lowest BCUT2D eigenvalue weighted by Gasteiger charge is -2.31. The van der Waals surface area contributed by atoms with Crippen LogP contribution < -0.4 is 0 Å². The molecule has 0 amide bonds. The van der Waals surface area contributed by atoms with E-state index in [2.05, 4.69) is 11.8 Å². The standard InChI is InChI=1S/C16H21ClFNO/c1-11-9-19(13-4-6-20-7-5-13)10-15(11)14-3-2-12(17)8-16(14)18/h2-3,8,11,13,15H,4-7,9-10H2,1H3/t11?,15-/m1/s1. The Hall–Kier alpha value is -0.640. The molecular weight excluding hydrogens is 277 g/mol. The Kier molecular flexibility index (Phi) is 4.29. The quantitative estimate of drug-likeness (QED) is 0.825. The molecule has 0 radical (unpaired) electrons. The van der Waals surface area contributed by atoms with E-state index >= 15 is 0 Å². The van der Waals surface area contributed by atoms with Crippen LogP contribution in [-0.4, -0.2) is 37.2 Å². The van der Waals surface area contributed by atoms with E-state index in [1.54, 1.807) is 6.07 Å². The second-order valence-corrected chi connectivity index (χ2v) is 6.48. The van der Waals surface area contributed by atoms with E-state index in [-0.39, 0.29) is 11.7 Å². The number of hydrogen-bond donors (Lipinski definition) is 0. The van der Waals surface area contributed by atoms with E-state index in [0.717, 1.165) is 44.7 Å². The van der Waals surface area contributed by atoms with Gasteiger partial charge < -0.3 is 4.74 Å². The molecule has 0 aliphatic carbocycles. The molecule has 0 spiro atoms. The van der Waals surface area contributed by atoms with Crippen molar-refractivity contribution >= 4 is 11.6 Å². The Morgan fingerprint density at radius 1 is 1.25 bits per heavy atom. The van der Waals surface area contributed by atoms with Crippen LogP contribution in [0.4, 0.5) is 4.39 Å². The van der Waals surface area contributed by atoms with E-state index in [0.29, 0.717) is 17.0 Å². The van der Waals surface area contributed by atoms with Gasteiger partial charge in [0.15, 0.2) is 0 Å². The van der Waals surface area contributed by atoms with Gasteiger partial charge in [0.2, 0.25) is 0 Å². The smallest absolute Gasteiger partial charge is 0.128 e. The molecule has 2 saturated heterocycles. The predicted molar refractivity (Wildman–Crippen MR) is 78.7 cm³/mol. The van der Waals surface area contributed by atoms with Crippen LogP contribution in [0.1, 0.15) is 31.2 Å². The van der Waals surface area contributed by atoms with Gasteiger partial charge in [0.25, 0.3) is 0 Å². The SMILES string of the molecule is CC1CN(C2CCOCC2)C[C@H]1c1ccc(Cl)cc1F. The lowest BCUT2D eigenvalue weighted by molar-refractivity contribution is 0.0410. The lowest BCUT2D eigenvalue weighted by Crippen LogP contribution is -2.38. The third-order valence-corrected chi connectivity index (χ3v) is 4.94. The summed E-state index contributed by atoms with van der Waals surface area (Å²) in [6.45, 7) is 5.94. The number of benzene rings is 1. The average Bonchev–Trinajstić information content (AvgIpc) is 2.82. The molecule has 0 aromatic heterocycles. The zero-order valence-electron chi connectivity index (χ0n) is 11.8. The summed E-state index contributed by atoms with van der Waals surface area (Å²) in [6.07, 6.45) is 2.20. The van der Waals surface area contributed by atoms with E-state index in [1.165, 1.54) is 6.07 Å². The minimum atomic E-state index is -0.164. The van der Waals surface area contributed by atoms with Crippen molar-refractivity contribution in [3.63, 3.8) is 0 Å². The third-order valence-electron chi connectivity index (χ3n) is 4.71. The van der Waals surface area contributed by atoms with E-state index in [9.17, 15) is 4.39 Å². The molecule has 1 unspecified atom stereocenters. The highest BCUT2D eigenvalue weighted by Crippen LogP contribution is 2.36.